The topological polar surface area (TPSA) is 29.5 Å². The number of hydrogen-bond acceptors (Lipinski definition) is 2. The van der Waals surface area contributed by atoms with Crippen molar-refractivity contribution < 1.29 is 9.84 Å². The number of hydrogen-bond donors (Lipinski definition) is 1. The molecule has 0 aliphatic rings. The van der Waals surface area contributed by atoms with Crippen LogP contribution in [0.2, 0.25) is 0 Å². The van der Waals surface area contributed by atoms with Crippen LogP contribution in [0.15, 0.2) is 24.3 Å². The Balaban J connectivity index is 3.04. The Bertz CT molecular complexity index is 356. The second-order valence-corrected chi connectivity index (χ2v) is 5.45. The SMILES string of the molecule is CCC(C)(C)C(O)c1ccccc1OC(C)C. The van der Waals surface area contributed by atoms with Crippen LogP contribution in [-0.2, 0) is 0 Å². The van der Waals surface area contributed by atoms with Crippen LogP contribution in [0.4, 0.5) is 0 Å². The maximum Gasteiger partial charge on any atom is 0.125 e. The van der Waals surface area contributed by atoms with E-state index in [0.717, 1.165) is 17.7 Å². The summed E-state index contributed by atoms with van der Waals surface area (Å²) in [4.78, 5) is 0. The summed E-state index contributed by atoms with van der Waals surface area (Å²) in [6, 6.07) is 7.74. The van der Waals surface area contributed by atoms with Gasteiger partial charge < -0.3 is 9.84 Å². The summed E-state index contributed by atoms with van der Waals surface area (Å²) in [6.45, 7) is 10.2. The smallest absolute Gasteiger partial charge is 0.125 e. The van der Waals surface area contributed by atoms with Gasteiger partial charge in [-0.15, -0.1) is 0 Å². The van der Waals surface area contributed by atoms with E-state index in [1.807, 2.05) is 38.1 Å². The Morgan fingerprint density at radius 2 is 1.82 bits per heavy atom. The lowest BCUT2D eigenvalue weighted by molar-refractivity contribution is 0.0431. The first-order valence-corrected chi connectivity index (χ1v) is 6.32. The number of ether oxygens (including phenoxy) is 1. The van der Waals surface area contributed by atoms with Crippen molar-refractivity contribution in [2.24, 2.45) is 5.41 Å². The molecule has 0 spiro atoms. The number of benzene rings is 1. The Labute approximate surface area is 105 Å². The average Bonchev–Trinajstić information content (AvgIpc) is 2.28. The molecule has 0 fully saturated rings. The Kier molecular flexibility index (Phi) is 4.58. The van der Waals surface area contributed by atoms with E-state index in [0.29, 0.717) is 0 Å². The molecule has 1 aromatic rings. The Morgan fingerprint density at radius 1 is 1.24 bits per heavy atom. The summed E-state index contributed by atoms with van der Waals surface area (Å²) in [5, 5.41) is 10.5. The van der Waals surface area contributed by atoms with Crippen LogP contribution in [-0.4, -0.2) is 11.2 Å². The largest absolute Gasteiger partial charge is 0.491 e. The molecule has 0 aliphatic carbocycles. The van der Waals surface area contributed by atoms with Crippen molar-refractivity contribution in [3.05, 3.63) is 29.8 Å². The predicted octanol–water partition coefficient (Wildman–Crippen LogP) is 3.94. The van der Waals surface area contributed by atoms with Crippen molar-refractivity contribution in [2.75, 3.05) is 0 Å². The molecule has 0 radical (unpaired) electrons. The zero-order valence-corrected chi connectivity index (χ0v) is 11.5. The zero-order valence-electron chi connectivity index (χ0n) is 11.5. The first-order valence-electron chi connectivity index (χ1n) is 6.32. The van der Waals surface area contributed by atoms with Gasteiger partial charge in [0.05, 0.1) is 12.2 Å². The van der Waals surface area contributed by atoms with Crippen LogP contribution in [0.3, 0.4) is 0 Å². The van der Waals surface area contributed by atoms with Crippen LogP contribution in [0.1, 0.15) is 52.7 Å². The molecule has 0 aliphatic heterocycles. The van der Waals surface area contributed by atoms with Gasteiger partial charge in [-0.1, -0.05) is 39.0 Å². The molecule has 1 aromatic carbocycles. The van der Waals surface area contributed by atoms with Crippen LogP contribution in [0.25, 0.3) is 0 Å². The first kappa shape index (κ1) is 14.0. The molecule has 1 N–H and O–H groups in total. The third kappa shape index (κ3) is 3.47. The lowest BCUT2D eigenvalue weighted by Gasteiger charge is -2.31. The summed E-state index contributed by atoms with van der Waals surface area (Å²) < 4.78 is 5.75. The van der Waals surface area contributed by atoms with E-state index in [9.17, 15) is 5.11 Å². The molecule has 0 saturated carbocycles. The molecular weight excluding hydrogens is 212 g/mol. The highest BCUT2D eigenvalue weighted by Gasteiger charge is 2.29. The van der Waals surface area contributed by atoms with Gasteiger partial charge in [0.1, 0.15) is 5.75 Å². The fraction of sp³-hybridized carbons (Fsp3) is 0.600. The molecule has 0 aromatic heterocycles. The van der Waals surface area contributed by atoms with Gasteiger partial charge in [-0.3, -0.25) is 0 Å². The minimum Gasteiger partial charge on any atom is -0.491 e. The second kappa shape index (κ2) is 5.54. The van der Waals surface area contributed by atoms with E-state index in [1.54, 1.807) is 0 Å². The summed E-state index contributed by atoms with van der Waals surface area (Å²) in [5.41, 5.74) is 0.740. The van der Waals surface area contributed by atoms with Crippen LogP contribution < -0.4 is 4.74 Å². The van der Waals surface area contributed by atoms with Gasteiger partial charge in [-0.25, -0.2) is 0 Å². The average molecular weight is 236 g/mol. The van der Waals surface area contributed by atoms with Gasteiger partial charge in [0.15, 0.2) is 0 Å². The van der Waals surface area contributed by atoms with Crippen molar-refractivity contribution in [2.45, 2.75) is 53.2 Å². The van der Waals surface area contributed by atoms with E-state index < -0.39 is 6.10 Å². The fourth-order valence-electron chi connectivity index (χ4n) is 1.68. The van der Waals surface area contributed by atoms with Crippen molar-refractivity contribution in [3.63, 3.8) is 0 Å². The molecule has 96 valence electrons. The van der Waals surface area contributed by atoms with Crippen LogP contribution in [0, 0.1) is 5.41 Å². The van der Waals surface area contributed by atoms with Gasteiger partial charge in [0.2, 0.25) is 0 Å². The zero-order chi connectivity index (χ0) is 13.1. The third-order valence-corrected chi connectivity index (χ3v) is 3.23. The monoisotopic (exact) mass is 236 g/mol. The summed E-state index contributed by atoms with van der Waals surface area (Å²) in [7, 11) is 0. The van der Waals surface area contributed by atoms with Gasteiger partial charge >= 0.3 is 0 Å². The summed E-state index contributed by atoms with van der Waals surface area (Å²) >= 11 is 0. The van der Waals surface area contributed by atoms with Crippen molar-refractivity contribution in [1.82, 2.24) is 0 Å². The van der Waals surface area contributed by atoms with Crippen LogP contribution >= 0.6 is 0 Å². The molecule has 1 rings (SSSR count). The molecule has 2 nitrogen and oxygen atoms in total. The van der Waals surface area contributed by atoms with Gasteiger partial charge in [0, 0.05) is 5.56 Å². The molecule has 0 bridgehead atoms. The van der Waals surface area contributed by atoms with Gasteiger partial charge in [0.25, 0.3) is 0 Å². The highest BCUT2D eigenvalue weighted by Crippen LogP contribution is 2.39. The Hall–Kier alpha value is -1.02. The highest BCUT2D eigenvalue weighted by atomic mass is 16.5. The lowest BCUT2D eigenvalue weighted by atomic mass is 9.80. The highest BCUT2D eigenvalue weighted by molar-refractivity contribution is 5.36. The fourth-order valence-corrected chi connectivity index (χ4v) is 1.68. The summed E-state index contributed by atoms with van der Waals surface area (Å²) in [6.07, 6.45) is 0.542. The molecular formula is C15H24O2. The molecule has 17 heavy (non-hydrogen) atoms. The Morgan fingerprint density at radius 3 is 2.35 bits per heavy atom. The minimum absolute atomic E-state index is 0.119. The molecule has 0 amide bonds. The van der Waals surface area contributed by atoms with E-state index >= 15 is 0 Å². The molecule has 2 heteroatoms. The molecule has 1 atom stereocenters. The number of para-hydroxylation sites is 1. The van der Waals surface area contributed by atoms with Crippen molar-refractivity contribution in [3.8, 4) is 5.75 Å². The second-order valence-electron chi connectivity index (χ2n) is 5.45. The third-order valence-electron chi connectivity index (χ3n) is 3.23. The van der Waals surface area contributed by atoms with E-state index in [-0.39, 0.29) is 11.5 Å². The van der Waals surface area contributed by atoms with Crippen molar-refractivity contribution >= 4 is 0 Å². The quantitative estimate of drug-likeness (QED) is 0.839. The van der Waals surface area contributed by atoms with Gasteiger partial charge in [-0.2, -0.15) is 0 Å². The van der Waals surface area contributed by atoms with E-state index in [1.165, 1.54) is 0 Å². The normalized spacial score (nSPS) is 13.8. The molecule has 0 saturated heterocycles. The minimum atomic E-state index is -0.498. The van der Waals surface area contributed by atoms with Gasteiger partial charge in [-0.05, 0) is 31.7 Å². The standard InChI is InChI=1S/C15H24O2/c1-6-15(4,5)14(16)12-9-7-8-10-13(12)17-11(2)3/h7-11,14,16H,6H2,1-5H3. The molecule has 1 unspecified atom stereocenters. The summed E-state index contributed by atoms with van der Waals surface area (Å²) in [5.74, 6) is 0.788. The maximum absolute atomic E-state index is 10.5. The van der Waals surface area contributed by atoms with Crippen LogP contribution in [0.5, 0.6) is 5.75 Å². The number of aliphatic hydroxyl groups excluding tert-OH is 1. The number of aliphatic hydroxyl groups is 1. The number of rotatable bonds is 5. The maximum atomic E-state index is 10.5. The predicted molar refractivity (Wildman–Crippen MR) is 71.2 cm³/mol. The first-order chi connectivity index (χ1) is 7.88. The lowest BCUT2D eigenvalue weighted by Crippen LogP contribution is -2.22. The molecule has 0 heterocycles. The van der Waals surface area contributed by atoms with E-state index in [2.05, 4.69) is 20.8 Å². The van der Waals surface area contributed by atoms with E-state index in [4.69, 9.17) is 4.74 Å². The van der Waals surface area contributed by atoms with Crippen molar-refractivity contribution in [1.29, 1.82) is 0 Å².